The molecule has 18 heavy (non-hydrogen) atoms. The Kier molecular flexibility index (Phi) is 3.67. The van der Waals surface area contributed by atoms with Crippen LogP contribution in [-0.2, 0) is 6.42 Å². The average molecular weight is 246 g/mol. The van der Waals surface area contributed by atoms with Crippen molar-refractivity contribution in [2.45, 2.75) is 6.42 Å². The first kappa shape index (κ1) is 12.2. The van der Waals surface area contributed by atoms with Crippen LogP contribution in [0.4, 0.5) is 0 Å². The second-order valence-electron chi connectivity index (χ2n) is 3.77. The van der Waals surface area contributed by atoms with E-state index in [1.165, 1.54) is 7.11 Å². The molecule has 2 rings (SSSR count). The van der Waals surface area contributed by atoms with Crippen LogP contribution in [0.25, 0.3) is 0 Å². The Bertz CT molecular complexity index is 529. The maximum absolute atomic E-state index is 12.2. The number of carbonyl (C=O) groups excluding carboxylic acids is 1. The third-order valence-electron chi connectivity index (χ3n) is 2.65. The van der Waals surface area contributed by atoms with Gasteiger partial charge in [-0.3, -0.25) is 4.79 Å². The van der Waals surface area contributed by atoms with Gasteiger partial charge < -0.3 is 13.9 Å². The third kappa shape index (κ3) is 2.37. The fraction of sp³-hybridized carbons (Fsp3) is 0.214. The van der Waals surface area contributed by atoms with E-state index in [0.717, 1.165) is 5.56 Å². The number of para-hydroxylation sites is 1. The topological polar surface area (TPSA) is 48.7 Å². The minimum Gasteiger partial charge on any atom is -0.493 e. The van der Waals surface area contributed by atoms with Crippen LogP contribution in [0, 0.1) is 0 Å². The zero-order chi connectivity index (χ0) is 13.0. The summed E-state index contributed by atoms with van der Waals surface area (Å²) in [5, 5.41) is 0. The molecule has 0 aliphatic rings. The lowest BCUT2D eigenvalue weighted by atomic mass is 10.0. The van der Waals surface area contributed by atoms with Crippen LogP contribution in [-0.4, -0.2) is 20.0 Å². The van der Waals surface area contributed by atoms with Crippen LogP contribution in [0.2, 0.25) is 0 Å². The number of carbonyl (C=O) groups is 1. The maximum Gasteiger partial charge on any atom is 0.171 e. The minimum absolute atomic E-state index is 0.0350. The zero-order valence-electron chi connectivity index (χ0n) is 10.3. The SMILES string of the molecule is COc1cccc(C(=O)Cc2ccoc2)c1OC. The highest BCUT2D eigenvalue weighted by Crippen LogP contribution is 2.31. The molecular weight excluding hydrogens is 232 g/mol. The maximum atomic E-state index is 12.2. The second kappa shape index (κ2) is 5.40. The van der Waals surface area contributed by atoms with E-state index in [1.54, 1.807) is 43.9 Å². The van der Waals surface area contributed by atoms with E-state index < -0.39 is 0 Å². The summed E-state index contributed by atoms with van der Waals surface area (Å²) in [6.07, 6.45) is 3.38. The molecule has 0 atom stereocenters. The van der Waals surface area contributed by atoms with Gasteiger partial charge in [-0.25, -0.2) is 0 Å². The van der Waals surface area contributed by atoms with Crippen molar-refractivity contribution < 1.29 is 18.7 Å². The van der Waals surface area contributed by atoms with E-state index in [-0.39, 0.29) is 12.2 Å². The lowest BCUT2D eigenvalue weighted by Crippen LogP contribution is -2.06. The number of furan rings is 1. The van der Waals surface area contributed by atoms with Crippen LogP contribution in [0.1, 0.15) is 15.9 Å². The van der Waals surface area contributed by atoms with Crippen LogP contribution < -0.4 is 9.47 Å². The van der Waals surface area contributed by atoms with Gasteiger partial charge in [0.2, 0.25) is 0 Å². The van der Waals surface area contributed by atoms with Gasteiger partial charge in [-0.15, -0.1) is 0 Å². The summed E-state index contributed by atoms with van der Waals surface area (Å²) >= 11 is 0. The van der Waals surface area contributed by atoms with Gasteiger partial charge in [0.15, 0.2) is 17.3 Å². The Morgan fingerprint density at radius 3 is 2.67 bits per heavy atom. The molecule has 0 unspecified atom stereocenters. The lowest BCUT2D eigenvalue weighted by molar-refractivity contribution is 0.0989. The summed E-state index contributed by atoms with van der Waals surface area (Å²) < 4.78 is 15.3. The van der Waals surface area contributed by atoms with E-state index >= 15 is 0 Å². The Hall–Kier alpha value is -2.23. The molecule has 0 amide bonds. The first-order chi connectivity index (χ1) is 8.76. The van der Waals surface area contributed by atoms with Crippen LogP contribution in [0.5, 0.6) is 11.5 Å². The van der Waals surface area contributed by atoms with Gasteiger partial charge in [0.1, 0.15) is 0 Å². The summed E-state index contributed by atoms with van der Waals surface area (Å²) in [6, 6.07) is 7.02. The first-order valence-corrected chi connectivity index (χ1v) is 5.51. The number of benzene rings is 1. The normalized spacial score (nSPS) is 10.1. The fourth-order valence-corrected chi connectivity index (χ4v) is 1.78. The molecule has 1 aromatic heterocycles. The highest BCUT2D eigenvalue weighted by molar-refractivity contribution is 6.00. The van der Waals surface area contributed by atoms with E-state index in [9.17, 15) is 4.79 Å². The predicted octanol–water partition coefficient (Wildman–Crippen LogP) is 2.72. The number of ether oxygens (including phenoxy) is 2. The Labute approximate surface area is 105 Å². The van der Waals surface area contributed by atoms with Crippen LogP contribution in [0.15, 0.2) is 41.2 Å². The zero-order valence-corrected chi connectivity index (χ0v) is 10.3. The number of methoxy groups -OCH3 is 2. The highest BCUT2D eigenvalue weighted by atomic mass is 16.5. The molecule has 4 nitrogen and oxygen atoms in total. The molecule has 94 valence electrons. The molecule has 1 aromatic carbocycles. The fourth-order valence-electron chi connectivity index (χ4n) is 1.78. The predicted molar refractivity (Wildman–Crippen MR) is 66.3 cm³/mol. The third-order valence-corrected chi connectivity index (χ3v) is 2.65. The molecule has 1 heterocycles. The van der Waals surface area contributed by atoms with E-state index in [2.05, 4.69) is 0 Å². The number of hydrogen-bond acceptors (Lipinski definition) is 4. The molecule has 2 aromatic rings. The molecular formula is C14H14O4. The van der Waals surface area contributed by atoms with Gasteiger partial charge in [-0.2, -0.15) is 0 Å². The van der Waals surface area contributed by atoms with Crippen molar-refractivity contribution in [1.29, 1.82) is 0 Å². The standard InChI is InChI=1S/C14H14O4/c1-16-13-5-3-4-11(14(13)17-2)12(15)8-10-6-7-18-9-10/h3-7,9H,8H2,1-2H3. The summed E-state index contributed by atoms with van der Waals surface area (Å²) in [7, 11) is 3.06. The Balaban J connectivity index is 2.29. The number of ketones is 1. The summed E-state index contributed by atoms with van der Waals surface area (Å²) in [6.45, 7) is 0. The molecule has 0 aliphatic carbocycles. The molecule has 0 saturated carbocycles. The van der Waals surface area contributed by atoms with Crippen molar-refractivity contribution in [3.05, 3.63) is 47.9 Å². The van der Waals surface area contributed by atoms with E-state index in [1.807, 2.05) is 0 Å². The van der Waals surface area contributed by atoms with E-state index in [0.29, 0.717) is 17.1 Å². The molecule has 0 saturated heterocycles. The van der Waals surface area contributed by atoms with E-state index in [4.69, 9.17) is 13.9 Å². The molecule has 0 bridgehead atoms. The quantitative estimate of drug-likeness (QED) is 0.761. The molecule has 0 fully saturated rings. The second-order valence-corrected chi connectivity index (χ2v) is 3.77. The highest BCUT2D eigenvalue weighted by Gasteiger charge is 2.16. The molecule has 0 spiro atoms. The van der Waals surface area contributed by atoms with Gasteiger partial charge in [-0.05, 0) is 23.8 Å². The summed E-state index contributed by atoms with van der Waals surface area (Å²) in [5.41, 5.74) is 1.35. The number of Topliss-reactive ketones (excluding diaryl/α,β-unsaturated/α-hetero) is 1. The van der Waals surface area contributed by atoms with Crippen molar-refractivity contribution >= 4 is 5.78 Å². The number of hydrogen-bond donors (Lipinski definition) is 0. The van der Waals surface area contributed by atoms with Crippen molar-refractivity contribution in [2.24, 2.45) is 0 Å². The van der Waals surface area contributed by atoms with Crippen LogP contribution in [0.3, 0.4) is 0 Å². The Morgan fingerprint density at radius 1 is 1.22 bits per heavy atom. The Morgan fingerprint density at radius 2 is 2.06 bits per heavy atom. The van der Waals surface area contributed by atoms with Crippen molar-refractivity contribution in [2.75, 3.05) is 14.2 Å². The molecule has 4 heteroatoms. The van der Waals surface area contributed by atoms with Gasteiger partial charge >= 0.3 is 0 Å². The van der Waals surface area contributed by atoms with Gasteiger partial charge in [0.25, 0.3) is 0 Å². The largest absolute Gasteiger partial charge is 0.493 e. The smallest absolute Gasteiger partial charge is 0.171 e. The summed E-state index contributed by atoms with van der Waals surface area (Å²) in [5.74, 6) is 0.983. The summed E-state index contributed by atoms with van der Waals surface area (Å²) in [4.78, 5) is 12.2. The lowest BCUT2D eigenvalue weighted by Gasteiger charge is -2.11. The average Bonchev–Trinajstić information content (AvgIpc) is 2.90. The molecule has 0 aliphatic heterocycles. The van der Waals surface area contributed by atoms with Crippen molar-refractivity contribution in [3.8, 4) is 11.5 Å². The number of rotatable bonds is 5. The van der Waals surface area contributed by atoms with Crippen LogP contribution >= 0.6 is 0 Å². The van der Waals surface area contributed by atoms with Crippen molar-refractivity contribution in [1.82, 2.24) is 0 Å². The first-order valence-electron chi connectivity index (χ1n) is 5.51. The van der Waals surface area contributed by atoms with Gasteiger partial charge in [-0.1, -0.05) is 6.07 Å². The van der Waals surface area contributed by atoms with Gasteiger partial charge in [0, 0.05) is 6.42 Å². The van der Waals surface area contributed by atoms with Gasteiger partial charge in [0.05, 0.1) is 32.3 Å². The molecule has 0 radical (unpaired) electrons. The van der Waals surface area contributed by atoms with Crippen molar-refractivity contribution in [3.63, 3.8) is 0 Å². The minimum atomic E-state index is -0.0350. The molecule has 0 N–H and O–H groups in total. The monoisotopic (exact) mass is 246 g/mol.